The van der Waals surface area contributed by atoms with Gasteiger partial charge in [-0.3, -0.25) is 0 Å². The highest BCUT2D eigenvalue weighted by Crippen LogP contribution is 2.22. The molecule has 0 saturated heterocycles. The van der Waals surface area contributed by atoms with E-state index in [1.807, 2.05) is 31.2 Å². The summed E-state index contributed by atoms with van der Waals surface area (Å²) < 4.78 is 29.2. The fraction of sp³-hybridized carbons (Fsp3) is 0.385. The molecule has 2 aromatic rings. The summed E-state index contributed by atoms with van der Waals surface area (Å²) in [5, 5.41) is 12.7. The van der Waals surface area contributed by atoms with Crippen LogP contribution in [-0.4, -0.2) is 27.8 Å². The summed E-state index contributed by atoms with van der Waals surface area (Å²) >= 11 is 1.53. The average molecular weight is 300 g/mol. The number of aliphatic hydroxyl groups is 1. The Balaban J connectivity index is 1.90. The summed E-state index contributed by atoms with van der Waals surface area (Å²) in [5.74, 6) is 0.933. The lowest BCUT2D eigenvalue weighted by molar-refractivity contribution is -0.00754. The third-order valence-electron chi connectivity index (χ3n) is 2.54. The number of benzene rings is 1. The zero-order valence-electron chi connectivity index (χ0n) is 10.8. The molecule has 1 aromatic carbocycles. The van der Waals surface area contributed by atoms with E-state index in [1.165, 1.54) is 11.8 Å². The van der Waals surface area contributed by atoms with Crippen molar-refractivity contribution in [2.75, 3.05) is 0 Å². The number of aliphatic hydroxyl groups excluding tert-OH is 1. The van der Waals surface area contributed by atoms with Gasteiger partial charge in [0.15, 0.2) is 5.82 Å². The van der Waals surface area contributed by atoms with Crippen LogP contribution >= 0.6 is 11.8 Å². The largest absolute Gasteiger partial charge is 0.387 e. The molecule has 0 aliphatic carbocycles. The van der Waals surface area contributed by atoms with E-state index in [2.05, 4.69) is 10.1 Å². The van der Waals surface area contributed by atoms with Crippen molar-refractivity contribution in [1.29, 1.82) is 0 Å². The Morgan fingerprint density at radius 2 is 2.20 bits per heavy atom. The summed E-state index contributed by atoms with van der Waals surface area (Å²) in [7, 11) is 0. The maximum Gasteiger partial charge on any atom is 0.264 e. The molecule has 0 aliphatic heterocycles. The van der Waals surface area contributed by atoms with Gasteiger partial charge in [0.05, 0.1) is 12.2 Å². The zero-order chi connectivity index (χ0) is 14.5. The first-order chi connectivity index (χ1) is 9.54. The van der Waals surface area contributed by atoms with E-state index in [0.29, 0.717) is 11.6 Å². The number of thioether (sulfide) groups is 1. The maximum absolute atomic E-state index is 12.2. The normalized spacial score (nSPS) is 12.8. The van der Waals surface area contributed by atoms with Crippen LogP contribution in [0.3, 0.4) is 0 Å². The molecule has 0 bridgehead atoms. The fourth-order valence-corrected chi connectivity index (χ4v) is 2.41. The van der Waals surface area contributed by atoms with E-state index in [1.54, 1.807) is 0 Å². The van der Waals surface area contributed by atoms with Gasteiger partial charge in [0, 0.05) is 4.90 Å². The van der Waals surface area contributed by atoms with Gasteiger partial charge in [-0.2, -0.15) is 4.98 Å². The third-order valence-corrected chi connectivity index (χ3v) is 3.53. The van der Waals surface area contributed by atoms with E-state index in [4.69, 9.17) is 9.63 Å². The molecule has 1 atom stereocenters. The molecule has 20 heavy (non-hydrogen) atoms. The summed E-state index contributed by atoms with van der Waals surface area (Å²) in [5.41, 5.74) is 1.16. The van der Waals surface area contributed by atoms with Crippen molar-refractivity contribution in [3.63, 3.8) is 0 Å². The third kappa shape index (κ3) is 4.28. The molecule has 1 N–H and O–H groups in total. The smallest absolute Gasteiger partial charge is 0.264 e. The van der Waals surface area contributed by atoms with Crippen LogP contribution in [0.4, 0.5) is 8.78 Å². The minimum absolute atomic E-state index is 0.0256. The van der Waals surface area contributed by atoms with E-state index >= 15 is 0 Å². The van der Waals surface area contributed by atoms with Crippen LogP contribution in [0.5, 0.6) is 0 Å². The lowest BCUT2D eigenvalue weighted by atomic mass is 10.2. The quantitative estimate of drug-likeness (QED) is 0.831. The van der Waals surface area contributed by atoms with E-state index in [0.717, 1.165) is 10.5 Å². The van der Waals surface area contributed by atoms with Crippen LogP contribution in [0, 0.1) is 6.92 Å². The number of aryl methyl sites for hydroxylation is 1. The van der Waals surface area contributed by atoms with Gasteiger partial charge in [0.1, 0.15) is 6.10 Å². The van der Waals surface area contributed by atoms with Crippen molar-refractivity contribution >= 4 is 11.8 Å². The maximum atomic E-state index is 12.2. The van der Waals surface area contributed by atoms with Gasteiger partial charge in [-0.15, -0.1) is 11.8 Å². The molecular formula is C13H14F2N2O2S. The number of aromatic nitrogens is 2. The minimum Gasteiger partial charge on any atom is -0.387 e. The van der Waals surface area contributed by atoms with Gasteiger partial charge < -0.3 is 9.63 Å². The van der Waals surface area contributed by atoms with Crippen molar-refractivity contribution in [3.05, 3.63) is 41.5 Å². The highest BCUT2D eigenvalue weighted by atomic mass is 32.2. The monoisotopic (exact) mass is 300 g/mol. The number of nitrogens with zero attached hydrogens (tertiary/aromatic N) is 2. The Hall–Kier alpha value is -1.47. The number of rotatable bonds is 6. The summed E-state index contributed by atoms with van der Waals surface area (Å²) in [6, 6.07) is 7.96. The van der Waals surface area contributed by atoms with Gasteiger partial charge in [0.2, 0.25) is 5.89 Å². The zero-order valence-corrected chi connectivity index (χ0v) is 11.6. The second kappa shape index (κ2) is 6.81. The van der Waals surface area contributed by atoms with E-state index in [9.17, 15) is 8.78 Å². The highest BCUT2D eigenvalue weighted by Gasteiger charge is 2.20. The van der Waals surface area contributed by atoms with Crippen molar-refractivity contribution in [1.82, 2.24) is 10.1 Å². The number of hydrogen-bond donors (Lipinski definition) is 1. The fourth-order valence-electron chi connectivity index (χ4n) is 1.55. The molecule has 0 amide bonds. The Bertz CT molecular complexity index is 563. The second-order valence-corrected chi connectivity index (χ2v) is 5.36. The van der Waals surface area contributed by atoms with Gasteiger partial charge in [-0.25, -0.2) is 8.78 Å². The molecule has 0 radical (unpaired) electrons. The molecule has 0 fully saturated rings. The number of hydrogen-bond acceptors (Lipinski definition) is 5. The molecule has 0 aliphatic rings. The topological polar surface area (TPSA) is 59.2 Å². The lowest BCUT2D eigenvalue weighted by Crippen LogP contribution is -2.20. The second-order valence-electron chi connectivity index (χ2n) is 4.32. The first-order valence-electron chi connectivity index (χ1n) is 6.02. The number of halogens is 2. The molecule has 2 rings (SSSR count). The molecule has 1 heterocycles. The van der Waals surface area contributed by atoms with Crippen LogP contribution in [-0.2, 0) is 12.2 Å². The predicted molar refractivity (Wildman–Crippen MR) is 70.8 cm³/mol. The Morgan fingerprint density at radius 3 is 2.90 bits per heavy atom. The molecular weight excluding hydrogens is 286 g/mol. The SMILES string of the molecule is Cc1cccc(SCc2noc(CC(O)C(F)F)n2)c1. The molecule has 1 unspecified atom stereocenters. The molecule has 7 heteroatoms. The van der Waals surface area contributed by atoms with Crippen molar-refractivity contribution in [2.24, 2.45) is 0 Å². The van der Waals surface area contributed by atoms with Crippen molar-refractivity contribution in [3.8, 4) is 0 Å². The van der Waals surface area contributed by atoms with Crippen LogP contribution in [0.2, 0.25) is 0 Å². The number of alkyl halides is 2. The molecule has 1 aromatic heterocycles. The van der Waals surface area contributed by atoms with E-state index < -0.39 is 12.5 Å². The average Bonchev–Trinajstić information content (AvgIpc) is 2.84. The molecule has 108 valence electrons. The summed E-state index contributed by atoms with van der Waals surface area (Å²) in [6.07, 6.45) is -4.92. The van der Waals surface area contributed by atoms with Crippen LogP contribution in [0.1, 0.15) is 17.3 Å². The summed E-state index contributed by atoms with van der Waals surface area (Å²) in [4.78, 5) is 5.05. The highest BCUT2D eigenvalue weighted by molar-refractivity contribution is 7.98. The van der Waals surface area contributed by atoms with Gasteiger partial charge in [0.25, 0.3) is 6.43 Å². The molecule has 4 nitrogen and oxygen atoms in total. The minimum atomic E-state index is -2.81. The van der Waals surface area contributed by atoms with Gasteiger partial charge in [-0.05, 0) is 19.1 Å². The summed E-state index contributed by atoms with van der Waals surface area (Å²) in [6.45, 7) is 2.00. The Morgan fingerprint density at radius 1 is 1.40 bits per heavy atom. The predicted octanol–water partition coefficient (Wildman–Crippen LogP) is 2.84. The van der Waals surface area contributed by atoms with Crippen molar-refractivity contribution < 1.29 is 18.4 Å². The van der Waals surface area contributed by atoms with E-state index in [-0.39, 0.29) is 12.3 Å². The van der Waals surface area contributed by atoms with Gasteiger partial charge >= 0.3 is 0 Å². The van der Waals surface area contributed by atoms with Crippen molar-refractivity contribution in [2.45, 2.75) is 36.5 Å². The first-order valence-corrected chi connectivity index (χ1v) is 7.00. The Labute approximate surface area is 119 Å². The standard InChI is InChI=1S/C13H14F2N2O2S/c1-8-3-2-4-9(5-8)20-7-11-16-12(19-17-11)6-10(18)13(14)15/h2-5,10,13,18H,6-7H2,1H3. The first kappa shape index (κ1) is 14.9. The van der Waals surface area contributed by atoms with Crippen LogP contribution in [0.25, 0.3) is 0 Å². The lowest BCUT2D eigenvalue weighted by Gasteiger charge is -2.04. The Kier molecular flexibility index (Phi) is 5.08. The van der Waals surface area contributed by atoms with Gasteiger partial charge in [-0.1, -0.05) is 22.9 Å². The molecule has 0 spiro atoms. The van der Waals surface area contributed by atoms with Crippen LogP contribution in [0.15, 0.2) is 33.7 Å². The molecule has 0 saturated carbocycles. The van der Waals surface area contributed by atoms with Crippen LogP contribution < -0.4 is 0 Å².